The molecule has 1 aromatic carbocycles. The number of aliphatic hydroxyl groups excluding tert-OH is 1. The Morgan fingerprint density at radius 1 is 1.10 bits per heavy atom. The second kappa shape index (κ2) is 7.27. The maximum atomic E-state index is 9.94. The molecule has 2 aromatic rings. The molecule has 1 heterocycles. The largest absolute Gasteiger partial charge is 0.392 e. The van der Waals surface area contributed by atoms with Gasteiger partial charge in [-0.05, 0) is 23.6 Å². The van der Waals surface area contributed by atoms with E-state index in [9.17, 15) is 5.11 Å². The molecule has 0 bridgehead atoms. The highest BCUT2D eigenvalue weighted by Gasteiger charge is 2.12. The summed E-state index contributed by atoms with van der Waals surface area (Å²) in [5.74, 6) is 0. The minimum atomic E-state index is -0.262. The van der Waals surface area contributed by atoms with Crippen LogP contribution in [-0.4, -0.2) is 27.2 Å². The third-order valence-corrected chi connectivity index (χ3v) is 3.49. The Labute approximate surface area is 121 Å². The third kappa shape index (κ3) is 4.51. The number of rotatable bonds is 7. The van der Waals surface area contributed by atoms with E-state index in [4.69, 9.17) is 0 Å². The van der Waals surface area contributed by atoms with Crippen molar-refractivity contribution in [1.29, 1.82) is 0 Å². The molecular formula is C17H24N2O. The SMILES string of the molecule is CCC(O)CN(Cc1ccccc1)Cc1ccn(C)c1. The number of nitrogens with zero attached hydrogens (tertiary/aromatic N) is 2. The van der Waals surface area contributed by atoms with Crippen molar-refractivity contribution in [2.24, 2.45) is 7.05 Å². The first-order valence-electron chi connectivity index (χ1n) is 7.22. The van der Waals surface area contributed by atoms with Crippen LogP contribution < -0.4 is 0 Å². The quantitative estimate of drug-likeness (QED) is 0.839. The van der Waals surface area contributed by atoms with Gasteiger partial charge in [0, 0.05) is 39.1 Å². The van der Waals surface area contributed by atoms with Crippen molar-refractivity contribution < 1.29 is 5.11 Å². The van der Waals surface area contributed by atoms with Crippen LogP contribution in [0.5, 0.6) is 0 Å². The fourth-order valence-electron chi connectivity index (χ4n) is 2.37. The second-order valence-electron chi connectivity index (χ2n) is 5.40. The fourth-order valence-corrected chi connectivity index (χ4v) is 2.37. The first-order valence-corrected chi connectivity index (χ1v) is 7.22. The molecule has 108 valence electrons. The van der Waals surface area contributed by atoms with E-state index >= 15 is 0 Å². The number of aliphatic hydroxyl groups is 1. The molecule has 0 aliphatic heterocycles. The summed E-state index contributed by atoms with van der Waals surface area (Å²) in [6, 6.07) is 12.6. The van der Waals surface area contributed by atoms with Gasteiger partial charge in [0.15, 0.2) is 0 Å². The Balaban J connectivity index is 2.03. The first kappa shape index (κ1) is 14.8. The van der Waals surface area contributed by atoms with E-state index in [1.165, 1.54) is 11.1 Å². The molecule has 1 N–H and O–H groups in total. The highest BCUT2D eigenvalue weighted by atomic mass is 16.3. The van der Waals surface area contributed by atoms with Crippen molar-refractivity contribution in [3.8, 4) is 0 Å². The predicted molar refractivity (Wildman–Crippen MR) is 82.3 cm³/mol. The zero-order chi connectivity index (χ0) is 14.4. The van der Waals surface area contributed by atoms with E-state index in [-0.39, 0.29) is 6.10 Å². The first-order chi connectivity index (χ1) is 9.67. The van der Waals surface area contributed by atoms with E-state index in [0.29, 0.717) is 6.54 Å². The normalized spacial score (nSPS) is 12.8. The summed E-state index contributed by atoms with van der Waals surface area (Å²) in [5, 5.41) is 9.94. The molecule has 0 amide bonds. The van der Waals surface area contributed by atoms with Gasteiger partial charge in [0.05, 0.1) is 6.10 Å². The van der Waals surface area contributed by atoms with E-state index in [2.05, 4.69) is 52.2 Å². The molecule has 3 nitrogen and oxygen atoms in total. The van der Waals surface area contributed by atoms with Crippen molar-refractivity contribution in [3.05, 3.63) is 59.9 Å². The minimum absolute atomic E-state index is 0.262. The number of hydrogen-bond donors (Lipinski definition) is 1. The second-order valence-corrected chi connectivity index (χ2v) is 5.40. The molecule has 2 rings (SSSR count). The lowest BCUT2D eigenvalue weighted by atomic mass is 10.1. The summed E-state index contributed by atoms with van der Waals surface area (Å²) in [4.78, 5) is 2.30. The molecule has 0 aliphatic carbocycles. The van der Waals surface area contributed by atoms with Crippen LogP contribution >= 0.6 is 0 Å². The molecule has 0 aliphatic rings. The molecule has 0 saturated carbocycles. The van der Waals surface area contributed by atoms with Gasteiger partial charge in [-0.15, -0.1) is 0 Å². The summed E-state index contributed by atoms with van der Waals surface area (Å²) < 4.78 is 2.06. The van der Waals surface area contributed by atoms with Crippen LogP contribution in [0, 0.1) is 0 Å². The van der Waals surface area contributed by atoms with Crippen LogP contribution in [0.4, 0.5) is 0 Å². The highest BCUT2D eigenvalue weighted by molar-refractivity contribution is 5.15. The van der Waals surface area contributed by atoms with Crippen LogP contribution in [0.15, 0.2) is 48.8 Å². The van der Waals surface area contributed by atoms with Crippen LogP contribution in [0.25, 0.3) is 0 Å². The number of aromatic nitrogens is 1. The van der Waals surface area contributed by atoms with Crippen molar-refractivity contribution in [1.82, 2.24) is 9.47 Å². The summed E-state index contributed by atoms with van der Waals surface area (Å²) in [5.41, 5.74) is 2.57. The van der Waals surface area contributed by atoms with Gasteiger partial charge in [0.1, 0.15) is 0 Å². The number of aryl methyl sites for hydroxylation is 1. The molecule has 1 atom stereocenters. The van der Waals surface area contributed by atoms with E-state index in [1.807, 2.05) is 20.0 Å². The summed E-state index contributed by atoms with van der Waals surface area (Å²) in [6.07, 6.45) is 4.73. The van der Waals surface area contributed by atoms with Gasteiger partial charge in [0.2, 0.25) is 0 Å². The topological polar surface area (TPSA) is 28.4 Å². The Morgan fingerprint density at radius 3 is 2.40 bits per heavy atom. The Bertz CT molecular complexity index is 507. The van der Waals surface area contributed by atoms with Gasteiger partial charge >= 0.3 is 0 Å². The lowest BCUT2D eigenvalue weighted by Crippen LogP contribution is -2.31. The Morgan fingerprint density at radius 2 is 1.80 bits per heavy atom. The van der Waals surface area contributed by atoms with E-state index < -0.39 is 0 Å². The van der Waals surface area contributed by atoms with Crippen molar-refractivity contribution >= 4 is 0 Å². The van der Waals surface area contributed by atoms with Crippen LogP contribution in [0.3, 0.4) is 0 Å². The monoisotopic (exact) mass is 272 g/mol. The highest BCUT2D eigenvalue weighted by Crippen LogP contribution is 2.11. The van der Waals surface area contributed by atoms with Crippen LogP contribution in [-0.2, 0) is 20.1 Å². The number of benzene rings is 1. The zero-order valence-electron chi connectivity index (χ0n) is 12.4. The maximum Gasteiger partial charge on any atom is 0.0664 e. The number of hydrogen-bond acceptors (Lipinski definition) is 2. The molecule has 0 radical (unpaired) electrons. The molecule has 0 saturated heterocycles. The molecule has 0 fully saturated rings. The minimum Gasteiger partial charge on any atom is -0.392 e. The Hall–Kier alpha value is -1.58. The van der Waals surface area contributed by atoms with Gasteiger partial charge < -0.3 is 9.67 Å². The average Bonchev–Trinajstić information content (AvgIpc) is 2.85. The average molecular weight is 272 g/mol. The van der Waals surface area contributed by atoms with Gasteiger partial charge in [-0.25, -0.2) is 0 Å². The van der Waals surface area contributed by atoms with Crippen LogP contribution in [0.2, 0.25) is 0 Å². The molecule has 3 heteroatoms. The maximum absolute atomic E-state index is 9.94. The lowest BCUT2D eigenvalue weighted by molar-refractivity contribution is 0.101. The fraction of sp³-hybridized carbons (Fsp3) is 0.412. The van der Waals surface area contributed by atoms with E-state index in [1.54, 1.807) is 0 Å². The molecule has 0 spiro atoms. The predicted octanol–water partition coefficient (Wildman–Crippen LogP) is 2.80. The summed E-state index contributed by atoms with van der Waals surface area (Å²) >= 11 is 0. The zero-order valence-corrected chi connectivity index (χ0v) is 12.4. The summed E-state index contributed by atoms with van der Waals surface area (Å²) in [7, 11) is 2.03. The molecule has 1 aromatic heterocycles. The van der Waals surface area contributed by atoms with E-state index in [0.717, 1.165) is 19.5 Å². The van der Waals surface area contributed by atoms with Gasteiger partial charge in [-0.3, -0.25) is 4.90 Å². The smallest absolute Gasteiger partial charge is 0.0664 e. The third-order valence-electron chi connectivity index (χ3n) is 3.49. The van der Waals surface area contributed by atoms with Gasteiger partial charge in [-0.2, -0.15) is 0 Å². The molecule has 1 unspecified atom stereocenters. The molecular weight excluding hydrogens is 248 g/mol. The summed E-state index contributed by atoms with van der Waals surface area (Å²) in [6.45, 7) is 4.47. The Kier molecular flexibility index (Phi) is 5.39. The van der Waals surface area contributed by atoms with Gasteiger partial charge in [-0.1, -0.05) is 37.3 Å². The van der Waals surface area contributed by atoms with Crippen molar-refractivity contribution in [2.75, 3.05) is 6.54 Å². The van der Waals surface area contributed by atoms with Crippen molar-refractivity contribution in [2.45, 2.75) is 32.5 Å². The van der Waals surface area contributed by atoms with Crippen molar-refractivity contribution in [3.63, 3.8) is 0 Å². The standard InChI is InChI=1S/C17H24N2O/c1-3-17(20)14-19(12-15-7-5-4-6-8-15)13-16-9-10-18(2)11-16/h4-11,17,20H,3,12-14H2,1-2H3. The molecule has 20 heavy (non-hydrogen) atoms. The van der Waals surface area contributed by atoms with Gasteiger partial charge in [0.25, 0.3) is 0 Å². The van der Waals surface area contributed by atoms with Crippen LogP contribution in [0.1, 0.15) is 24.5 Å². The lowest BCUT2D eigenvalue weighted by Gasteiger charge is -2.24.